The van der Waals surface area contributed by atoms with Crippen molar-refractivity contribution in [3.63, 3.8) is 0 Å². The highest BCUT2D eigenvalue weighted by Crippen LogP contribution is 2.61. The van der Waals surface area contributed by atoms with Crippen molar-refractivity contribution in [1.82, 2.24) is 10.3 Å². The average molecular weight is 415 g/mol. The van der Waals surface area contributed by atoms with Crippen LogP contribution >= 0.6 is 22.9 Å². The number of carbonyl (C=O) groups is 1. The van der Waals surface area contributed by atoms with E-state index in [2.05, 4.69) is 17.2 Å². The van der Waals surface area contributed by atoms with E-state index in [0.29, 0.717) is 16.9 Å². The minimum Gasteiger partial charge on any atom is -0.353 e. The minimum atomic E-state index is 0.103. The molecule has 4 bridgehead atoms. The van der Waals surface area contributed by atoms with E-state index in [0.717, 1.165) is 34.0 Å². The van der Waals surface area contributed by atoms with Gasteiger partial charge in [-0.1, -0.05) is 23.7 Å². The van der Waals surface area contributed by atoms with Crippen LogP contribution in [0.3, 0.4) is 0 Å². The third-order valence-corrected chi connectivity index (χ3v) is 8.52. The molecule has 0 radical (unpaired) electrons. The first-order valence-corrected chi connectivity index (χ1v) is 11.7. The Morgan fingerprint density at radius 2 is 1.93 bits per heavy atom. The van der Waals surface area contributed by atoms with E-state index in [-0.39, 0.29) is 11.9 Å². The summed E-state index contributed by atoms with van der Waals surface area (Å²) in [5, 5.41) is 6.96. The number of nitrogens with one attached hydrogen (secondary N) is 1. The van der Waals surface area contributed by atoms with Gasteiger partial charge in [-0.25, -0.2) is 4.98 Å². The van der Waals surface area contributed by atoms with Crippen LogP contribution in [0.2, 0.25) is 5.02 Å². The number of thiazole rings is 1. The van der Waals surface area contributed by atoms with E-state index >= 15 is 0 Å². The molecule has 5 heteroatoms. The number of aromatic nitrogens is 1. The van der Waals surface area contributed by atoms with Crippen molar-refractivity contribution in [2.75, 3.05) is 0 Å². The number of amides is 1. The Morgan fingerprint density at radius 1 is 1.25 bits per heavy atom. The molecule has 28 heavy (non-hydrogen) atoms. The third-order valence-electron chi connectivity index (χ3n) is 7.35. The summed E-state index contributed by atoms with van der Waals surface area (Å²) >= 11 is 7.65. The van der Waals surface area contributed by atoms with Gasteiger partial charge in [0.05, 0.1) is 12.1 Å². The first-order valence-electron chi connectivity index (χ1n) is 10.5. The molecule has 1 N–H and O–H groups in total. The molecule has 4 aliphatic carbocycles. The molecule has 1 atom stereocenters. The molecule has 0 unspecified atom stereocenters. The molecule has 0 aliphatic heterocycles. The van der Waals surface area contributed by atoms with Gasteiger partial charge in [0.2, 0.25) is 5.91 Å². The second kappa shape index (κ2) is 7.14. The van der Waals surface area contributed by atoms with Crippen LogP contribution in [-0.2, 0) is 11.2 Å². The van der Waals surface area contributed by atoms with Crippen LogP contribution in [0.15, 0.2) is 29.6 Å². The minimum absolute atomic E-state index is 0.103. The Bertz CT molecular complexity index is 857. The number of nitrogens with zero attached hydrogens (tertiary/aromatic N) is 1. The summed E-state index contributed by atoms with van der Waals surface area (Å²) in [6.45, 7) is 2.24. The first kappa shape index (κ1) is 18.6. The van der Waals surface area contributed by atoms with Gasteiger partial charge < -0.3 is 5.32 Å². The number of hydrogen-bond donors (Lipinski definition) is 1. The van der Waals surface area contributed by atoms with Gasteiger partial charge in [-0.3, -0.25) is 4.79 Å². The Kier molecular flexibility index (Phi) is 4.75. The lowest BCUT2D eigenvalue weighted by Crippen LogP contribution is -2.56. The molecule has 4 aliphatic rings. The summed E-state index contributed by atoms with van der Waals surface area (Å²) in [6.07, 6.45) is 8.61. The largest absolute Gasteiger partial charge is 0.353 e. The SMILES string of the molecule is C[C@@H](NC(=O)Cc1csc(-c2cccc(Cl)c2)n1)C12CC3CC(CC(C3)C1)C2. The Hall–Kier alpha value is -1.39. The quantitative estimate of drug-likeness (QED) is 0.679. The standard InChI is InChI=1S/C23H27ClN2OS/c1-14(23-10-15-5-16(11-23)7-17(6-15)12-23)25-21(27)9-20-13-28-22(26-20)18-3-2-4-19(24)8-18/h2-4,8,13-17H,5-7,9-12H2,1H3,(H,25,27)/t14-,15?,16?,17?,23?/m1/s1. The van der Waals surface area contributed by atoms with Crippen molar-refractivity contribution >= 4 is 28.8 Å². The Labute approximate surface area is 175 Å². The smallest absolute Gasteiger partial charge is 0.226 e. The normalized spacial score (nSPS) is 31.7. The number of carbonyl (C=O) groups excluding carboxylic acids is 1. The van der Waals surface area contributed by atoms with E-state index in [4.69, 9.17) is 11.6 Å². The zero-order chi connectivity index (χ0) is 19.3. The van der Waals surface area contributed by atoms with Crippen molar-refractivity contribution < 1.29 is 4.79 Å². The predicted molar refractivity (Wildman–Crippen MR) is 114 cm³/mol. The molecule has 0 spiro atoms. The lowest BCUT2D eigenvalue weighted by Gasteiger charge is -2.59. The highest BCUT2D eigenvalue weighted by molar-refractivity contribution is 7.13. The van der Waals surface area contributed by atoms with Crippen LogP contribution in [0, 0.1) is 23.2 Å². The van der Waals surface area contributed by atoms with Gasteiger partial charge in [0, 0.05) is 22.0 Å². The third kappa shape index (κ3) is 3.50. The fourth-order valence-corrected chi connectivity index (χ4v) is 7.47. The molecule has 1 aromatic carbocycles. The van der Waals surface area contributed by atoms with Crippen molar-refractivity contribution in [1.29, 1.82) is 0 Å². The zero-order valence-electron chi connectivity index (χ0n) is 16.3. The molecule has 0 saturated heterocycles. The molecule has 4 saturated carbocycles. The summed E-state index contributed by atoms with van der Waals surface area (Å²) in [7, 11) is 0. The van der Waals surface area contributed by atoms with Gasteiger partial charge in [0.25, 0.3) is 0 Å². The van der Waals surface area contributed by atoms with Crippen LogP contribution in [0.1, 0.15) is 51.1 Å². The first-order chi connectivity index (χ1) is 13.5. The Balaban J connectivity index is 1.23. The molecule has 148 valence electrons. The maximum Gasteiger partial charge on any atom is 0.226 e. The van der Waals surface area contributed by atoms with Crippen molar-refractivity contribution in [3.8, 4) is 10.6 Å². The predicted octanol–water partition coefficient (Wildman–Crippen LogP) is 5.73. The molecule has 1 aromatic heterocycles. The summed E-state index contributed by atoms with van der Waals surface area (Å²) in [5.41, 5.74) is 2.19. The maximum absolute atomic E-state index is 12.7. The summed E-state index contributed by atoms with van der Waals surface area (Å²) in [5.74, 6) is 2.82. The number of hydrogen-bond acceptors (Lipinski definition) is 3. The zero-order valence-corrected chi connectivity index (χ0v) is 17.9. The van der Waals surface area contributed by atoms with E-state index in [9.17, 15) is 4.79 Å². The van der Waals surface area contributed by atoms with Gasteiger partial charge in [-0.2, -0.15) is 0 Å². The molecule has 2 aromatic rings. The summed E-state index contributed by atoms with van der Waals surface area (Å²) in [4.78, 5) is 17.4. The summed E-state index contributed by atoms with van der Waals surface area (Å²) in [6, 6.07) is 7.97. The highest BCUT2D eigenvalue weighted by Gasteiger charge is 2.53. The lowest BCUT2D eigenvalue weighted by molar-refractivity contribution is -0.125. The van der Waals surface area contributed by atoms with Gasteiger partial charge in [-0.15, -0.1) is 11.3 Å². The van der Waals surface area contributed by atoms with Crippen molar-refractivity contribution in [2.24, 2.45) is 23.2 Å². The fraction of sp³-hybridized carbons (Fsp3) is 0.565. The maximum atomic E-state index is 12.7. The van der Waals surface area contributed by atoms with E-state index < -0.39 is 0 Å². The second-order valence-electron chi connectivity index (χ2n) is 9.40. The molecule has 1 amide bonds. The van der Waals surface area contributed by atoms with Gasteiger partial charge in [0.1, 0.15) is 5.01 Å². The van der Waals surface area contributed by atoms with E-state index in [1.165, 1.54) is 38.5 Å². The second-order valence-corrected chi connectivity index (χ2v) is 10.7. The van der Waals surface area contributed by atoms with Crippen LogP contribution in [0.25, 0.3) is 10.6 Å². The molecule has 1 heterocycles. The van der Waals surface area contributed by atoms with Gasteiger partial charge >= 0.3 is 0 Å². The van der Waals surface area contributed by atoms with Gasteiger partial charge in [-0.05, 0) is 80.8 Å². The number of rotatable bonds is 5. The lowest BCUT2D eigenvalue weighted by atomic mass is 9.48. The molecule has 4 fully saturated rings. The van der Waals surface area contributed by atoms with Crippen LogP contribution in [0.5, 0.6) is 0 Å². The topological polar surface area (TPSA) is 42.0 Å². The Morgan fingerprint density at radius 3 is 2.57 bits per heavy atom. The highest BCUT2D eigenvalue weighted by atomic mass is 35.5. The molecular formula is C23H27ClN2OS. The number of halogens is 1. The van der Waals surface area contributed by atoms with Crippen molar-refractivity contribution in [2.45, 2.75) is 57.9 Å². The van der Waals surface area contributed by atoms with E-state index in [1.807, 2.05) is 29.6 Å². The molecular weight excluding hydrogens is 388 g/mol. The molecule has 3 nitrogen and oxygen atoms in total. The van der Waals surface area contributed by atoms with Crippen LogP contribution < -0.4 is 5.32 Å². The van der Waals surface area contributed by atoms with Gasteiger partial charge in [0.15, 0.2) is 0 Å². The van der Waals surface area contributed by atoms with Crippen molar-refractivity contribution in [3.05, 3.63) is 40.4 Å². The average Bonchev–Trinajstić information content (AvgIpc) is 3.09. The van der Waals surface area contributed by atoms with Crippen LogP contribution in [0.4, 0.5) is 0 Å². The number of benzene rings is 1. The summed E-state index contributed by atoms with van der Waals surface area (Å²) < 4.78 is 0. The van der Waals surface area contributed by atoms with Crippen LogP contribution in [-0.4, -0.2) is 16.9 Å². The van der Waals surface area contributed by atoms with E-state index in [1.54, 1.807) is 11.3 Å². The monoisotopic (exact) mass is 414 g/mol. The fourth-order valence-electron chi connectivity index (χ4n) is 6.46. The molecule has 6 rings (SSSR count).